The van der Waals surface area contributed by atoms with Gasteiger partial charge in [-0.2, -0.15) is 0 Å². The number of nitrogens with zero attached hydrogens (tertiary/aromatic N) is 3. The number of aliphatic hydroxyl groups is 1. The molecule has 0 bridgehead atoms. The summed E-state index contributed by atoms with van der Waals surface area (Å²) in [7, 11) is 0. The van der Waals surface area contributed by atoms with Crippen LogP contribution in [-0.2, 0) is 14.4 Å². The summed E-state index contributed by atoms with van der Waals surface area (Å²) in [5.41, 5.74) is 5.21. The lowest BCUT2D eigenvalue weighted by molar-refractivity contribution is -0.141. The van der Waals surface area contributed by atoms with Crippen LogP contribution in [0.15, 0.2) is 40.4 Å². The minimum atomic E-state index is -0.864. The Morgan fingerprint density at radius 3 is 2.47 bits per heavy atom. The molecular formula is C28H34N4O5S. The summed E-state index contributed by atoms with van der Waals surface area (Å²) in [6, 6.07) is 8.00. The third kappa shape index (κ3) is 6.02. The highest BCUT2D eigenvalue weighted by Crippen LogP contribution is 2.32. The zero-order valence-electron chi connectivity index (χ0n) is 22.3. The number of hydrogen-bond acceptors (Lipinski definition) is 8. The maximum Gasteiger partial charge on any atom is 0.243 e. The molecule has 0 spiro atoms. The average Bonchev–Trinajstić information content (AvgIpc) is 3.58. The maximum atomic E-state index is 13.7. The monoisotopic (exact) mass is 538 g/mol. The number of hydrogen-bond donors (Lipinski definition) is 2. The lowest BCUT2D eigenvalue weighted by Gasteiger charge is -2.30. The fraction of sp³-hybridized carbons (Fsp3) is 0.464. The summed E-state index contributed by atoms with van der Waals surface area (Å²) < 4.78 is 5.40. The van der Waals surface area contributed by atoms with Gasteiger partial charge in [0, 0.05) is 25.5 Å². The summed E-state index contributed by atoms with van der Waals surface area (Å²) in [6.07, 6.45) is -0.596. The molecule has 4 atom stereocenters. The van der Waals surface area contributed by atoms with E-state index in [-0.39, 0.29) is 37.0 Å². The number of carbonyl (C=O) groups excluding carboxylic acids is 3. The molecule has 0 radical (unpaired) electrons. The van der Waals surface area contributed by atoms with Gasteiger partial charge in [0.2, 0.25) is 11.8 Å². The standard InChI is InChI=1S/C28H34N4O5S/c1-15(2)25(24-10-16(3)31-37-24)28(36)32-13-21(34)12-23(32)27(35)30-22(11-17(4)33)19-6-8-20(9-7-19)26-18(5)29-14-38-26/h6-10,14-15,21-23,25,34H,11-13H2,1-5H3,(H,30,35)/t21-,22?,23?,25?/m1/s1. The smallest absolute Gasteiger partial charge is 0.243 e. The van der Waals surface area contributed by atoms with Gasteiger partial charge in [0.25, 0.3) is 0 Å². The van der Waals surface area contributed by atoms with Gasteiger partial charge in [0.15, 0.2) is 0 Å². The summed E-state index contributed by atoms with van der Waals surface area (Å²) in [4.78, 5) is 46.1. The second kappa shape index (κ2) is 11.6. The molecule has 1 fully saturated rings. The molecule has 0 aliphatic carbocycles. The van der Waals surface area contributed by atoms with Crippen molar-refractivity contribution in [2.75, 3.05) is 6.54 Å². The van der Waals surface area contributed by atoms with E-state index < -0.39 is 30.0 Å². The molecule has 1 aliphatic rings. The lowest BCUT2D eigenvalue weighted by atomic mass is 9.91. The SMILES string of the molecule is CC(=O)CC(NC(=O)C1C[C@@H](O)CN1C(=O)C(c1cc(C)no1)C(C)C)c1ccc(-c2scnc2C)cc1. The second-order valence-electron chi connectivity index (χ2n) is 10.3. The molecule has 3 heterocycles. The van der Waals surface area contributed by atoms with Crippen molar-refractivity contribution >= 4 is 28.9 Å². The summed E-state index contributed by atoms with van der Waals surface area (Å²) in [5.74, 6) is -1.07. The molecular weight excluding hydrogens is 504 g/mol. The van der Waals surface area contributed by atoms with Crippen LogP contribution < -0.4 is 5.32 Å². The topological polar surface area (TPSA) is 126 Å². The van der Waals surface area contributed by atoms with Crippen molar-refractivity contribution in [3.8, 4) is 10.4 Å². The minimum Gasteiger partial charge on any atom is -0.391 e. The van der Waals surface area contributed by atoms with Crippen molar-refractivity contribution < 1.29 is 24.0 Å². The predicted molar refractivity (Wildman–Crippen MR) is 143 cm³/mol. The van der Waals surface area contributed by atoms with Crippen molar-refractivity contribution in [2.24, 2.45) is 5.92 Å². The van der Waals surface area contributed by atoms with Gasteiger partial charge in [-0.15, -0.1) is 11.3 Å². The van der Waals surface area contributed by atoms with E-state index in [4.69, 9.17) is 4.52 Å². The van der Waals surface area contributed by atoms with Crippen LogP contribution >= 0.6 is 11.3 Å². The molecule has 1 saturated heterocycles. The summed E-state index contributed by atoms with van der Waals surface area (Å²) in [6.45, 7) is 9.08. The zero-order valence-corrected chi connectivity index (χ0v) is 23.1. The van der Waals surface area contributed by atoms with E-state index in [9.17, 15) is 19.5 Å². The number of aromatic nitrogens is 2. The van der Waals surface area contributed by atoms with Crippen molar-refractivity contribution in [2.45, 2.75) is 71.6 Å². The van der Waals surface area contributed by atoms with E-state index in [0.29, 0.717) is 11.5 Å². The number of Topliss-reactive ketones (excluding diaryl/α,β-unsaturated/α-hetero) is 1. The summed E-state index contributed by atoms with van der Waals surface area (Å²) >= 11 is 1.56. The predicted octanol–water partition coefficient (Wildman–Crippen LogP) is 3.95. The number of thiazole rings is 1. The number of likely N-dealkylation sites (tertiary alicyclic amines) is 1. The number of rotatable bonds is 9. The molecule has 1 aliphatic heterocycles. The van der Waals surface area contributed by atoms with E-state index in [1.54, 1.807) is 29.8 Å². The number of carbonyl (C=O) groups is 3. The molecule has 3 unspecified atom stereocenters. The van der Waals surface area contributed by atoms with Gasteiger partial charge >= 0.3 is 0 Å². The molecule has 2 N–H and O–H groups in total. The van der Waals surface area contributed by atoms with E-state index >= 15 is 0 Å². The van der Waals surface area contributed by atoms with Crippen molar-refractivity contribution in [3.63, 3.8) is 0 Å². The molecule has 3 aromatic rings. The lowest BCUT2D eigenvalue weighted by Crippen LogP contribution is -2.49. The van der Waals surface area contributed by atoms with Gasteiger partial charge in [-0.05, 0) is 37.8 Å². The van der Waals surface area contributed by atoms with Gasteiger partial charge in [-0.1, -0.05) is 43.3 Å². The van der Waals surface area contributed by atoms with Crippen LogP contribution in [0.1, 0.15) is 68.3 Å². The van der Waals surface area contributed by atoms with Crippen LogP contribution in [0.3, 0.4) is 0 Å². The first-order chi connectivity index (χ1) is 18.0. The minimum absolute atomic E-state index is 0.0491. The van der Waals surface area contributed by atoms with Gasteiger partial charge in [0.05, 0.1) is 33.9 Å². The van der Waals surface area contributed by atoms with Crippen LogP contribution in [0.25, 0.3) is 10.4 Å². The normalized spacial score (nSPS) is 19.0. The molecule has 4 rings (SSSR count). The Balaban J connectivity index is 1.55. The molecule has 10 heteroatoms. The molecule has 2 amide bonds. The Bertz CT molecular complexity index is 1300. The van der Waals surface area contributed by atoms with Crippen LogP contribution in [-0.4, -0.2) is 56.4 Å². The highest BCUT2D eigenvalue weighted by molar-refractivity contribution is 7.13. The number of aryl methyl sites for hydroxylation is 2. The number of benzene rings is 1. The molecule has 9 nitrogen and oxygen atoms in total. The van der Waals surface area contributed by atoms with Crippen LogP contribution in [0, 0.1) is 19.8 Å². The molecule has 1 aromatic carbocycles. The maximum absolute atomic E-state index is 13.7. The Kier molecular flexibility index (Phi) is 8.42. The van der Waals surface area contributed by atoms with Crippen LogP contribution in [0.5, 0.6) is 0 Å². The van der Waals surface area contributed by atoms with Crippen molar-refractivity contribution in [1.82, 2.24) is 20.4 Å². The Hall–Kier alpha value is -3.37. The molecule has 2 aromatic heterocycles. The Labute approximate surface area is 226 Å². The Morgan fingerprint density at radius 1 is 1.21 bits per heavy atom. The van der Waals surface area contributed by atoms with Crippen LogP contribution in [0.4, 0.5) is 0 Å². The number of nitrogens with one attached hydrogen (secondary N) is 1. The fourth-order valence-electron chi connectivity index (χ4n) is 5.00. The first-order valence-electron chi connectivity index (χ1n) is 12.8. The third-order valence-electron chi connectivity index (χ3n) is 6.88. The molecule has 202 valence electrons. The van der Waals surface area contributed by atoms with E-state index in [0.717, 1.165) is 21.7 Å². The highest BCUT2D eigenvalue weighted by atomic mass is 32.1. The average molecular weight is 539 g/mol. The zero-order chi connectivity index (χ0) is 27.6. The van der Waals surface area contributed by atoms with E-state index in [1.807, 2.05) is 45.0 Å². The van der Waals surface area contributed by atoms with Crippen molar-refractivity contribution in [3.05, 3.63) is 58.6 Å². The van der Waals surface area contributed by atoms with Gasteiger partial charge in [-0.25, -0.2) is 4.98 Å². The largest absolute Gasteiger partial charge is 0.391 e. The van der Waals surface area contributed by atoms with E-state index in [1.165, 1.54) is 11.8 Å². The number of ketones is 1. The third-order valence-corrected chi connectivity index (χ3v) is 7.86. The number of β-amino-alcohol motifs (C(OH)–C–C–N with tert-alkyl or cyclic N) is 1. The Morgan fingerprint density at radius 2 is 1.92 bits per heavy atom. The summed E-state index contributed by atoms with van der Waals surface area (Å²) in [5, 5.41) is 17.3. The van der Waals surface area contributed by atoms with Gasteiger partial charge in [-0.3, -0.25) is 14.4 Å². The second-order valence-corrected chi connectivity index (χ2v) is 11.2. The van der Waals surface area contributed by atoms with Crippen LogP contribution in [0.2, 0.25) is 0 Å². The fourth-order valence-corrected chi connectivity index (χ4v) is 5.81. The first-order valence-corrected chi connectivity index (χ1v) is 13.6. The number of amides is 2. The first kappa shape index (κ1) is 27.7. The van der Waals surface area contributed by atoms with Gasteiger partial charge in [0.1, 0.15) is 23.5 Å². The molecule has 0 saturated carbocycles. The quantitative estimate of drug-likeness (QED) is 0.422. The highest BCUT2D eigenvalue weighted by Gasteiger charge is 2.43. The number of aliphatic hydroxyl groups excluding tert-OH is 1. The van der Waals surface area contributed by atoms with Gasteiger partial charge < -0.3 is 19.8 Å². The van der Waals surface area contributed by atoms with Crippen molar-refractivity contribution in [1.29, 1.82) is 0 Å². The van der Waals surface area contributed by atoms with E-state index in [2.05, 4.69) is 15.5 Å². The molecule has 38 heavy (non-hydrogen) atoms.